The number of carbonyl (C=O) groups excluding carboxylic acids is 1. The minimum Gasteiger partial charge on any atom is -0.507 e. The molecule has 0 spiro atoms. The minimum atomic E-state index is -0.618. The second kappa shape index (κ2) is 5.85. The lowest BCUT2D eigenvalue weighted by molar-refractivity contribution is 0.0469. The summed E-state index contributed by atoms with van der Waals surface area (Å²) < 4.78 is 18.0. The molecule has 0 aliphatic carbocycles. The number of benzene rings is 3. The summed E-state index contributed by atoms with van der Waals surface area (Å²) >= 11 is 0. The maximum Gasteiger partial charge on any atom is 0.342 e. The van der Waals surface area contributed by atoms with Crippen molar-refractivity contribution in [1.82, 2.24) is 0 Å². The number of hydrogen-bond donors (Lipinski definition) is 1. The maximum absolute atomic E-state index is 12.8. The summed E-state index contributed by atoms with van der Waals surface area (Å²) in [4.78, 5) is 12.1. The molecule has 0 amide bonds. The Morgan fingerprint density at radius 1 is 1.00 bits per heavy atom. The quantitative estimate of drug-likeness (QED) is 0.742. The summed E-state index contributed by atoms with van der Waals surface area (Å²) in [6.07, 6.45) is 0. The number of phenolic OH excluding ortho intramolecular Hbond substituents is 1. The van der Waals surface area contributed by atoms with Crippen LogP contribution in [0.4, 0.5) is 4.39 Å². The third kappa shape index (κ3) is 2.91. The van der Waals surface area contributed by atoms with Crippen LogP contribution in [0.1, 0.15) is 15.9 Å². The van der Waals surface area contributed by atoms with Crippen molar-refractivity contribution in [3.63, 3.8) is 0 Å². The lowest BCUT2D eigenvalue weighted by Gasteiger charge is -2.08. The van der Waals surface area contributed by atoms with Crippen molar-refractivity contribution < 1.29 is 19.0 Å². The van der Waals surface area contributed by atoms with Gasteiger partial charge in [0.15, 0.2) is 0 Å². The van der Waals surface area contributed by atoms with E-state index in [-0.39, 0.29) is 23.7 Å². The van der Waals surface area contributed by atoms with Crippen LogP contribution in [0.15, 0.2) is 60.7 Å². The molecular weight excluding hydrogens is 283 g/mol. The third-order valence-corrected chi connectivity index (χ3v) is 3.37. The summed E-state index contributed by atoms with van der Waals surface area (Å²) in [5.41, 5.74) is 0.788. The van der Waals surface area contributed by atoms with Gasteiger partial charge in [-0.05, 0) is 40.6 Å². The summed E-state index contributed by atoms with van der Waals surface area (Å²) in [5, 5.41) is 11.6. The molecule has 3 aromatic rings. The van der Waals surface area contributed by atoms with E-state index in [1.54, 1.807) is 18.2 Å². The SMILES string of the molecule is O=C(OCc1ccc(F)cc1)c1cc2ccccc2cc1O. The topological polar surface area (TPSA) is 46.5 Å². The molecule has 3 rings (SSSR count). The van der Waals surface area contributed by atoms with Crippen LogP contribution >= 0.6 is 0 Å². The molecule has 0 aliphatic rings. The maximum atomic E-state index is 12.8. The number of rotatable bonds is 3. The average Bonchev–Trinajstić information content (AvgIpc) is 2.53. The van der Waals surface area contributed by atoms with Gasteiger partial charge < -0.3 is 9.84 Å². The van der Waals surface area contributed by atoms with Crippen LogP contribution in [0, 0.1) is 5.82 Å². The number of halogens is 1. The molecule has 0 saturated heterocycles. The monoisotopic (exact) mass is 296 g/mol. The van der Waals surface area contributed by atoms with Crippen LogP contribution in [-0.2, 0) is 11.3 Å². The lowest BCUT2D eigenvalue weighted by atomic mass is 10.1. The standard InChI is InChI=1S/C18H13FO3/c19-15-7-5-12(6-8-15)11-22-18(21)16-9-13-3-1-2-4-14(13)10-17(16)20/h1-10,20H,11H2. The van der Waals surface area contributed by atoms with E-state index in [0.717, 1.165) is 10.8 Å². The van der Waals surface area contributed by atoms with Crippen molar-refractivity contribution in [2.24, 2.45) is 0 Å². The first kappa shape index (κ1) is 14.1. The van der Waals surface area contributed by atoms with Crippen molar-refractivity contribution in [3.8, 4) is 5.75 Å². The Morgan fingerprint density at radius 3 is 2.32 bits per heavy atom. The number of ether oxygens (including phenoxy) is 1. The van der Waals surface area contributed by atoms with Crippen LogP contribution in [0.25, 0.3) is 10.8 Å². The summed E-state index contributed by atoms with van der Waals surface area (Å²) in [6, 6.07) is 16.2. The van der Waals surface area contributed by atoms with Gasteiger partial charge in [0, 0.05) is 0 Å². The first-order chi connectivity index (χ1) is 10.6. The molecule has 0 fully saturated rings. The predicted octanol–water partition coefficient (Wildman–Crippen LogP) is 4.04. The molecule has 0 bridgehead atoms. The predicted molar refractivity (Wildman–Crippen MR) is 81.1 cm³/mol. The number of fused-ring (bicyclic) bond motifs is 1. The van der Waals surface area contributed by atoms with E-state index in [0.29, 0.717) is 5.56 Å². The van der Waals surface area contributed by atoms with Gasteiger partial charge in [-0.3, -0.25) is 0 Å². The third-order valence-electron chi connectivity index (χ3n) is 3.37. The number of esters is 1. The highest BCUT2D eigenvalue weighted by atomic mass is 19.1. The van der Waals surface area contributed by atoms with Gasteiger partial charge in [0.1, 0.15) is 23.7 Å². The van der Waals surface area contributed by atoms with Gasteiger partial charge in [0.2, 0.25) is 0 Å². The normalized spacial score (nSPS) is 10.6. The van der Waals surface area contributed by atoms with Crippen molar-refractivity contribution in [2.45, 2.75) is 6.61 Å². The molecule has 4 heteroatoms. The molecule has 0 radical (unpaired) electrons. The first-order valence-electron chi connectivity index (χ1n) is 6.77. The molecule has 3 nitrogen and oxygen atoms in total. The van der Waals surface area contributed by atoms with Gasteiger partial charge in [0.05, 0.1) is 0 Å². The Bertz CT molecular complexity index is 825. The van der Waals surface area contributed by atoms with Crippen LogP contribution < -0.4 is 0 Å². The zero-order valence-corrected chi connectivity index (χ0v) is 11.6. The van der Waals surface area contributed by atoms with E-state index in [2.05, 4.69) is 0 Å². The fraction of sp³-hybridized carbons (Fsp3) is 0.0556. The van der Waals surface area contributed by atoms with Gasteiger partial charge >= 0.3 is 5.97 Å². The highest BCUT2D eigenvalue weighted by Crippen LogP contribution is 2.25. The van der Waals surface area contributed by atoms with Crippen molar-refractivity contribution in [2.75, 3.05) is 0 Å². The van der Waals surface area contributed by atoms with E-state index >= 15 is 0 Å². The van der Waals surface area contributed by atoms with Crippen molar-refractivity contribution >= 4 is 16.7 Å². The summed E-state index contributed by atoms with van der Waals surface area (Å²) in [5.74, 6) is -1.09. The Kier molecular flexibility index (Phi) is 3.74. The van der Waals surface area contributed by atoms with Crippen LogP contribution in [0.5, 0.6) is 5.75 Å². The number of aromatic hydroxyl groups is 1. The molecule has 22 heavy (non-hydrogen) atoms. The minimum absolute atomic E-state index is 0.0192. The second-order valence-corrected chi connectivity index (χ2v) is 4.92. The molecule has 0 aromatic heterocycles. The van der Waals surface area contributed by atoms with Crippen LogP contribution in [0.2, 0.25) is 0 Å². The van der Waals surface area contributed by atoms with E-state index in [9.17, 15) is 14.3 Å². The van der Waals surface area contributed by atoms with Crippen LogP contribution in [0.3, 0.4) is 0 Å². The molecule has 0 aliphatic heterocycles. The zero-order valence-electron chi connectivity index (χ0n) is 11.6. The fourth-order valence-electron chi connectivity index (χ4n) is 2.20. The number of carbonyl (C=O) groups is 1. The van der Waals surface area contributed by atoms with Crippen LogP contribution in [-0.4, -0.2) is 11.1 Å². The first-order valence-corrected chi connectivity index (χ1v) is 6.77. The Hall–Kier alpha value is -2.88. The molecular formula is C18H13FO3. The molecule has 1 N–H and O–H groups in total. The average molecular weight is 296 g/mol. The van der Waals surface area contributed by atoms with E-state index in [1.165, 1.54) is 18.2 Å². The zero-order chi connectivity index (χ0) is 15.5. The molecule has 0 atom stereocenters. The van der Waals surface area contributed by atoms with Gasteiger partial charge in [-0.1, -0.05) is 36.4 Å². The molecule has 0 saturated carbocycles. The molecule has 3 aromatic carbocycles. The molecule has 110 valence electrons. The highest BCUT2D eigenvalue weighted by molar-refractivity contribution is 5.98. The fourth-order valence-corrected chi connectivity index (χ4v) is 2.20. The van der Waals surface area contributed by atoms with E-state index < -0.39 is 5.97 Å². The highest BCUT2D eigenvalue weighted by Gasteiger charge is 2.14. The lowest BCUT2D eigenvalue weighted by Crippen LogP contribution is -2.05. The Morgan fingerprint density at radius 2 is 1.64 bits per heavy atom. The largest absolute Gasteiger partial charge is 0.507 e. The summed E-state index contributed by atoms with van der Waals surface area (Å²) in [6.45, 7) is 0.0192. The van der Waals surface area contributed by atoms with Crippen molar-refractivity contribution in [1.29, 1.82) is 0 Å². The van der Waals surface area contributed by atoms with Crippen molar-refractivity contribution in [3.05, 3.63) is 77.6 Å². The second-order valence-electron chi connectivity index (χ2n) is 4.92. The van der Waals surface area contributed by atoms with Gasteiger partial charge in [-0.25, -0.2) is 9.18 Å². The van der Waals surface area contributed by atoms with E-state index in [4.69, 9.17) is 4.74 Å². The van der Waals surface area contributed by atoms with Gasteiger partial charge in [-0.2, -0.15) is 0 Å². The Labute approximate surface area is 126 Å². The van der Waals surface area contributed by atoms with Gasteiger partial charge in [0.25, 0.3) is 0 Å². The molecule has 0 heterocycles. The molecule has 0 unspecified atom stereocenters. The Balaban J connectivity index is 1.79. The van der Waals surface area contributed by atoms with Gasteiger partial charge in [-0.15, -0.1) is 0 Å². The number of hydrogen-bond acceptors (Lipinski definition) is 3. The van der Waals surface area contributed by atoms with E-state index in [1.807, 2.05) is 24.3 Å². The number of phenols is 1. The smallest absolute Gasteiger partial charge is 0.342 e. The summed E-state index contributed by atoms with van der Waals surface area (Å²) in [7, 11) is 0.